The van der Waals surface area contributed by atoms with Crippen LogP contribution in [0.15, 0.2) is 12.4 Å². The number of urea groups is 1. The molecule has 0 bridgehead atoms. The molecule has 0 saturated carbocycles. The maximum atomic E-state index is 11.6. The molecule has 106 valence electrons. The fraction of sp³-hybridized carbons (Fsp3) is 0.545. The minimum atomic E-state index is -1.12. The Hall–Kier alpha value is -1.70. The molecule has 1 rings (SSSR count). The number of hydrogen-bond acceptors (Lipinski definition) is 4. The van der Waals surface area contributed by atoms with Crippen LogP contribution in [0.2, 0.25) is 0 Å². The number of nitrogens with zero attached hydrogens (tertiary/aromatic N) is 2. The number of carbonyl (C=O) groups excluding carboxylic acids is 1. The average molecular weight is 286 g/mol. The maximum Gasteiger partial charge on any atom is 0.331 e. The molecule has 0 radical (unpaired) electrons. The summed E-state index contributed by atoms with van der Waals surface area (Å²) in [6.07, 6.45) is 4.92. The molecule has 1 aromatic rings. The first-order valence-corrected chi connectivity index (χ1v) is 7.01. The minimum absolute atomic E-state index is 0.271. The predicted octanol–water partition coefficient (Wildman–Crippen LogP) is 0.596. The van der Waals surface area contributed by atoms with Crippen molar-refractivity contribution >= 4 is 23.8 Å². The zero-order chi connectivity index (χ0) is 14.4. The molecule has 2 amide bonds. The second-order valence-electron chi connectivity index (χ2n) is 4.12. The molecular weight excluding hydrogens is 268 g/mol. The van der Waals surface area contributed by atoms with Gasteiger partial charge >= 0.3 is 12.0 Å². The molecule has 0 aliphatic carbocycles. The molecule has 2 unspecified atom stereocenters. The van der Waals surface area contributed by atoms with E-state index in [0.29, 0.717) is 12.1 Å². The van der Waals surface area contributed by atoms with Crippen molar-refractivity contribution in [2.75, 3.05) is 12.8 Å². The number of rotatable bonds is 6. The molecule has 2 atom stereocenters. The highest BCUT2D eigenvalue weighted by atomic mass is 32.2. The lowest BCUT2D eigenvalue weighted by Gasteiger charge is -2.15. The molecule has 19 heavy (non-hydrogen) atoms. The Bertz CT molecular complexity index is 449. The van der Waals surface area contributed by atoms with Crippen LogP contribution in [0.3, 0.4) is 0 Å². The lowest BCUT2D eigenvalue weighted by molar-refractivity contribution is -0.139. The normalized spacial score (nSPS) is 13.6. The lowest BCUT2D eigenvalue weighted by Crippen LogP contribution is -2.42. The third kappa shape index (κ3) is 4.82. The number of hydrogen-bond donors (Lipinski definition) is 3. The zero-order valence-electron chi connectivity index (χ0n) is 11.1. The number of aliphatic carboxylic acids is 1. The van der Waals surface area contributed by atoms with Crippen molar-refractivity contribution in [3.8, 4) is 0 Å². The van der Waals surface area contributed by atoms with Crippen LogP contribution in [-0.2, 0) is 11.8 Å². The summed E-state index contributed by atoms with van der Waals surface area (Å²) in [6, 6.07) is -1.60. The largest absolute Gasteiger partial charge is 0.479 e. The van der Waals surface area contributed by atoms with Crippen molar-refractivity contribution in [3.63, 3.8) is 0 Å². The van der Waals surface area contributed by atoms with Gasteiger partial charge in [0.15, 0.2) is 6.04 Å². The van der Waals surface area contributed by atoms with Crippen molar-refractivity contribution in [1.82, 2.24) is 20.4 Å². The summed E-state index contributed by atoms with van der Waals surface area (Å²) in [5, 5.41) is 18.3. The van der Waals surface area contributed by atoms with Gasteiger partial charge in [0.25, 0.3) is 0 Å². The topological polar surface area (TPSA) is 96.2 Å². The van der Waals surface area contributed by atoms with Gasteiger partial charge in [-0.2, -0.15) is 16.9 Å². The molecular formula is C11H18N4O3S. The van der Waals surface area contributed by atoms with Crippen LogP contribution in [0.1, 0.15) is 18.5 Å². The smallest absolute Gasteiger partial charge is 0.331 e. The third-order valence-electron chi connectivity index (χ3n) is 2.53. The Balaban J connectivity index is 2.60. The average Bonchev–Trinajstić information content (AvgIpc) is 2.78. The van der Waals surface area contributed by atoms with E-state index in [1.54, 1.807) is 25.0 Å². The van der Waals surface area contributed by atoms with Crippen LogP contribution in [0.25, 0.3) is 0 Å². The number of carboxylic acid groups (broad SMARTS) is 1. The molecule has 0 fully saturated rings. The number of nitrogens with one attached hydrogen (secondary N) is 2. The van der Waals surface area contributed by atoms with E-state index < -0.39 is 18.0 Å². The Morgan fingerprint density at radius 2 is 2.26 bits per heavy atom. The lowest BCUT2D eigenvalue weighted by atomic mass is 10.1. The first kappa shape index (κ1) is 15.4. The van der Waals surface area contributed by atoms with Crippen molar-refractivity contribution in [2.24, 2.45) is 7.05 Å². The summed E-state index contributed by atoms with van der Waals surface area (Å²) in [7, 11) is 1.68. The van der Waals surface area contributed by atoms with Crippen LogP contribution in [0.4, 0.5) is 4.79 Å². The van der Waals surface area contributed by atoms with Gasteiger partial charge in [0.05, 0.1) is 6.20 Å². The molecule has 3 N–H and O–H groups in total. The van der Waals surface area contributed by atoms with E-state index in [4.69, 9.17) is 5.11 Å². The highest BCUT2D eigenvalue weighted by molar-refractivity contribution is 7.99. The highest BCUT2D eigenvalue weighted by Gasteiger charge is 2.23. The van der Waals surface area contributed by atoms with Crippen molar-refractivity contribution in [2.45, 2.75) is 18.2 Å². The van der Waals surface area contributed by atoms with Gasteiger partial charge in [-0.1, -0.05) is 6.92 Å². The van der Waals surface area contributed by atoms with Crippen LogP contribution < -0.4 is 10.6 Å². The Morgan fingerprint density at radius 3 is 2.74 bits per heavy atom. The minimum Gasteiger partial charge on any atom is -0.479 e. The molecule has 0 aromatic carbocycles. The van der Waals surface area contributed by atoms with Crippen molar-refractivity contribution in [3.05, 3.63) is 18.0 Å². The fourth-order valence-electron chi connectivity index (χ4n) is 1.38. The predicted molar refractivity (Wildman–Crippen MR) is 73.1 cm³/mol. The quantitative estimate of drug-likeness (QED) is 0.711. The molecule has 0 spiro atoms. The zero-order valence-corrected chi connectivity index (χ0v) is 11.9. The summed E-state index contributed by atoms with van der Waals surface area (Å²) in [5.74, 6) is -1.12. The van der Waals surface area contributed by atoms with E-state index in [1.807, 2.05) is 13.2 Å². The van der Waals surface area contributed by atoms with Gasteiger partial charge in [-0.3, -0.25) is 4.68 Å². The molecule has 0 aliphatic heterocycles. The van der Waals surface area contributed by atoms with E-state index in [0.717, 1.165) is 0 Å². The second-order valence-corrected chi connectivity index (χ2v) is 5.40. The number of carbonyl (C=O) groups is 2. The van der Waals surface area contributed by atoms with Gasteiger partial charge in [0.1, 0.15) is 0 Å². The Kier molecular flexibility index (Phi) is 5.68. The fourth-order valence-corrected chi connectivity index (χ4v) is 1.63. The summed E-state index contributed by atoms with van der Waals surface area (Å²) in [6.45, 7) is 2.45. The molecule has 7 nitrogen and oxygen atoms in total. The third-order valence-corrected chi connectivity index (χ3v) is 3.50. The summed E-state index contributed by atoms with van der Waals surface area (Å²) < 4.78 is 1.49. The van der Waals surface area contributed by atoms with Gasteiger partial charge in [-0.25, -0.2) is 9.59 Å². The van der Waals surface area contributed by atoms with E-state index in [1.165, 1.54) is 10.9 Å². The summed E-state index contributed by atoms with van der Waals surface area (Å²) in [5.41, 5.74) is 0.433. The number of carboxylic acids is 1. The number of amides is 2. The molecule has 1 heterocycles. The SMILES string of the molecule is CSC(C)CNC(=O)NC(C(=O)O)c1cnn(C)c1. The van der Waals surface area contributed by atoms with Crippen molar-refractivity contribution < 1.29 is 14.7 Å². The first-order valence-electron chi connectivity index (χ1n) is 5.72. The molecule has 0 saturated heterocycles. The number of aryl methyl sites for hydroxylation is 1. The summed E-state index contributed by atoms with van der Waals surface area (Å²) >= 11 is 1.62. The van der Waals surface area contributed by atoms with Crippen molar-refractivity contribution in [1.29, 1.82) is 0 Å². The van der Waals surface area contributed by atoms with Crippen LogP contribution in [0.5, 0.6) is 0 Å². The van der Waals surface area contributed by atoms with Gasteiger partial charge in [0, 0.05) is 30.6 Å². The molecule has 0 aliphatic rings. The van der Waals surface area contributed by atoms with Gasteiger partial charge in [-0.05, 0) is 6.26 Å². The number of aromatic nitrogens is 2. The van der Waals surface area contributed by atoms with Gasteiger partial charge in [0.2, 0.25) is 0 Å². The van der Waals surface area contributed by atoms with E-state index in [-0.39, 0.29) is 5.25 Å². The van der Waals surface area contributed by atoms with Gasteiger partial charge < -0.3 is 15.7 Å². The monoisotopic (exact) mass is 286 g/mol. The standard InChI is InChI=1S/C11H18N4O3S/c1-7(19-3)4-12-11(18)14-9(10(16)17)8-5-13-15(2)6-8/h5-7,9H,4H2,1-3H3,(H,16,17)(H2,12,14,18). The van der Waals surface area contributed by atoms with E-state index in [9.17, 15) is 9.59 Å². The maximum absolute atomic E-state index is 11.6. The van der Waals surface area contributed by atoms with Crippen LogP contribution >= 0.6 is 11.8 Å². The Morgan fingerprint density at radius 1 is 1.58 bits per heavy atom. The van der Waals surface area contributed by atoms with E-state index >= 15 is 0 Å². The van der Waals surface area contributed by atoms with E-state index in [2.05, 4.69) is 15.7 Å². The van der Waals surface area contributed by atoms with Crippen LogP contribution in [-0.4, -0.2) is 44.9 Å². The highest BCUT2D eigenvalue weighted by Crippen LogP contribution is 2.11. The number of thioether (sulfide) groups is 1. The summed E-state index contributed by atoms with van der Waals surface area (Å²) in [4.78, 5) is 22.8. The second kappa shape index (κ2) is 7.03. The first-order chi connectivity index (χ1) is 8.93. The van der Waals surface area contributed by atoms with Crippen LogP contribution in [0, 0.1) is 0 Å². The molecule has 1 aromatic heterocycles. The Labute approximate surface area is 115 Å². The van der Waals surface area contributed by atoms with Gasteiger partial charge in [-0.15, -0.1) is 0 Å². The molecule has 8 heteroatoms.